The lowest BCUT2D eigenvalue weighted by Crippen LogP contribution is -2.36. The molecule has 0 N–H and O–H groups in total. The summed E-state index contributed by atoms with van der Waals surface area (Å²) in [6, 6.07) is 4.91. The fourth-order valence-electron chi connectivity index (χ4n) is 2.74. The molecule has 0 bridgehead atoms. The number of halogens is 1. The summed E-state index contributed by atoms with van der Waals surface area (Å²) in [6.07, 6.45) is 3.49. The number of hydrogen-bond acceptors (Lipinski definition) is 2. The van der Waals surface area contributed by atoms with Crippen molar-refractivity contribution in [1.29, 1.82) is 0 Å². The maximum Gasteiger partial charge on any atom is 0.164 e. The summed E-state index contributed by atoms with van der Waals surface area (Å²) in [5.41, 5.74) is 1.01. The monoisotopic (exact) mass is 249 g/mol. The standard InChI is InChI=1S/C15H20FNO/c1-3-12-6-5-9-17(10-12)14-8-4-7-13(16)15(14)11(2)18/h4,7-8,12H,3,5-6,9-10H2,1-2H3/t12-/m1/s1. The molecule has 0 aromatic heterocycles. The van der Waals surface area contributed by atoms with Gasteiger partial charge in [0, 0.05) is 13.1 Å². The van der Waals surface area contributed by atoms with E-state index in [1.807, 2.05) is 6.07 Å². The topological polar surface area (TPSA) is 20.3 Å². The molecule has 0 amide bonds. The van der Waals surface area contributed by atoms with E-state index >= 15 is 0 Å². The first-order valence-corrected chi connectivity index (χ1v) is 6.68. The second-order valence-electron chi connectivity index (χ2n) is 5.05. The molecule has 0 radical (unpaired) electrons. The summed E-state index contributed by atoms with van der Waals surface area (Å²) in [4.78, 5) is 13.8. The van der Waals surface area contributed by atoms with Gasteiger partial charge in [0.15, 0.2) is 5.78 Å². The van der Waals surface area contributed by atoms with Crippen LogP contribution in [-0.2, 0) is 0 Å². The number of hydrogen-bond donors (Lipinski definition) is 0. The normalized spacial score (nSPS) is 19.9. The van der Waals surface area contributed by atoms with Gasteiger partial charge in [0.25, 0.3) is 0 Å². The van der Waals surface area contributed by atoms with Crippen molar-refractivity contribution in [3.63, 3.8) is 0 Å². The molecule has 0 unspecified atom stereocenters. The van der Waals surface area contributed by atoms with E-state index in [0.717, 1.165) is 31.6 Å². The van der Waals surface area contributed by atoms with Crippen LogP contribution in [0, 0.1) is 11.7 Å². The fourth-order valence-corrected chi connectivity index (χ4v) is 2.74. The Morgan fingerprint density at radius 1 is 1.50 bits per heavy atom. The minimum atomic E-state index is -0.404. The molecule has 18 heavy (non-hydrogen) atoms. The number of rotatable bonds is 3. The van der Waals surface area contributed by atoms with E-state index in [1.165, 1.54) is 19.4 Å². The Labute approximate surface area is 108 Å². The Kier molecular flexibility index (Phi) is 4.00. The van der Waals surface area contributed by atoms with Gasteiger partial charge in [-0.3, -0.25) is 4.79 Å². The number of benzene rings is 1. The van der Waals surface area contributed by atoms with Crippen LogP contribution in [0.15, 0.2) is 18.2 Å². The third kappa shape index (κ3) is 2.55. The average molecular weight is 249 g/mol. The van der Waals surface area contributed by atoms with Gasteiger partial charge in [-0.25, -0.2) is 4.39 Å². The summed E-state index contributed by atoms with van der Waals surface area (Å²) >= 11 is 0. The molecule has 2 nitrogen and oxygen atoms in total. The zero-order valence-corrected chi connectivity index (χ0v) is 11.1. The molecule has 1 fully saturated rings. The Balaban J connectivity index is 2.32. The zero-order valence-electron chi connectivity index (χ0n) is 11.1. The lowest BCUT2D eigenvalue weighted by atomic mass is 9.94. The highest BCUT2D eigenvalue weighted by atomic mass is 19.1. The Morgan fingerprint density at radius 2 is 2.28 bits per heavy atom. The van der Waals surface area contributed by atoms with Gasteiger partial charge in [-0.1, -0.05) is 19.4 Å². The molecule has 1 aromatic rings. The first-order valence-electron chi connectivity index (χ1n) is 6.68. The molecule has 3 heteroatoms. The molecule has 2 rings (SSSR count). The molecule has 98 valence electrons. The van der Waals surface area contributed by atoms with E-state index in [0.29, 0.717) is 5.92 Å². The van der Waals surface area contributed by atoms with Crippen LogP contribution < -0.4 is 4.90 Å². The molecule has 0 spiro atoms. The van der Waals surface area contributed by atoms with Crippen LogP contribution in [0.25, 0.3) is 0 Å². The van der Waals surface area contributed by atoms with Gasteiger partial charge in [0.2, 0.25) is 0 Å². The van der Waals surface area contributed by atoms with E-state index < -0.39 is 5.82 Å². The molecule has 1 heterocycles. The summed E-state index contributed by atoms with van der Waals surface area (Å²) in [5, 5.41) is 0. The Morgan fingerprint density at radius 3 is 2.94 bits per heavy atom. The number of ketones is 1. The first kappa shape index (κ1) is 13.1. The van der Waals surface area contributed by atoms with Crippen LogP contribution in [0.5, 0.6) is 0 Å². The molecule has 1 aliphatic heterocycles. The molecule has 0 saturated carbocycles. The minimum absolute atomic E-state index is 0.193. The van der Waals surface area contributed by atoms with Crippen LogP contribution in [0.3, 0.4) is 0 Å². The summed E-state index contributed by atoms with van der Waals surface area (Å²) in [5.74, 6) is 0.0576. The molecule has 0 aliphatic carbocycles. The van der Waals surface area contributed by atoms with Crippen molar-refractivity contribution in [2.24, 2.45) is 5.92 Å². The third-order valence-corrected chi connectivity index (χ3v) is 3.78. The number of carbonyl (C=O) groups excluding carboxylic acids is 1. The van der Waals surface area contributed by atoms with Crippen LogP contribution in [-0.4, -0.2) is 18.9 Å². The van der Waals surface area contributed by atoms with E-state index in [9.17, 15) is 9.18 Å². The largest absolute Gasteiger partial charge is 0.371 e. The highest BCUT2D eigenvalue weighted by Crippen LogP contribution is 2.29. The second kappa shape index (κ2) is 5.51. The fraction of sp³-hybridized carbons (Fsp3) is 0.533. The SMILES string of the molecule is CC[C@@H]1CCCN(c2cccc(F)c2C(C)=O)C1. The first-order chi connectivity index (χ1) is 8.63. The second-order valence-corrected chi connectivity index (χ2v) is 5.05. The van der Waals surface area contributed by atoms with Crippen molar-refractivity contribution in [1.82, 2.24) is 0 Å². The Bertz CT molecular complexity index is 444. The third-order valence-electron chi connectivity index (χ3n) is 3.78. The number of Topliss-reactive ketones (excluding diaryl/α,β-unsaturated/α-hetero) is 1. The predicted molar refractivity (Wildman–Crippen MR) is 71.6 cm³/mol. The molecular weight excluding hydrogens is 229 g/mol. The maximum atomic E-state index is 13.8. The van der Waals surface area contributed by atoms with Crippen molar-refractivity contribution in [2.75, 3.05) is 18.0 Å². The van der Waals surface area contributed by atoms with Gasteiger partial charge in [-0.2, -0.15) is 0 Å². The van der Waals surface area contributed by atoms with Crippen molar-refractivity contribution in [3.05, 3.63) is 29.6 Å². The average Bonchev–Trinajstić information content (AvgIpc) is 2.38. The predicted octanol–water partition coefficient (Wildman–Crippen LogP) is 3.65. The summed E-state index contributed by atoms with van der Waals surface area (Å²) in [7, 11) is 0. The van der Waals surface area contributed by atoms with Gasteiger partial charge in [-0.15, -0.1) is 0 Å². The van der Waals surface area contributed by atoms with E-state index in [4.69, 9.17) is 0 Å². The molecule has 1 atom stereocenters. The van der Waals surface area contributed by atoms with Gasteiger partial charge in [-0.05, 0) is 37.8 Å². The highest BCUT2D eigenvalue weighted by molar-refractivity contribution is 6.00. The smallest absolute Gasteiger partial charge is 0.164 e. The molecule has 1 aliphatic rings. The van der Waals surface area contributed by atoms with Crippen molar-refractivity contribution in [3.8, 4) is 0 Å². The molecular formula is C15H20FNO. The Hall–Kier alpha value is -1.38. The van der Waals surface area contributed by atoms with Crippen LogP contribution >= 0.6 is 0 Å². The zero-order chi connectivity index (χ0) is 13.1. The van der Waals surface area contributed by atoms with E-state index in [1.54, 1.807) is 6.07 Å². The number of piperidine rings is 1. The van der Waals surface area contributed by atoms with Gasteiger partial charge >= 0.3 is 0 Å². The van der Waals surface area contributed by atoms with E-state index in [2.05, 4.69) is 11.8 Å². The van der Waals surface area contributed by atoms with Crippen molar-refractivity contribution >= 4 is 11.5 Å². The van der Waals surface area contributed by atoms with Crippen LogP contribution in [0.4, 0.5) is 10.1 Å². The lowest BCUT2D eigenvalue weighted by molar-refractivity contribution is 0.101. The minimum Gasteiger partial charge on any atom is -0.371 e. The van der Waals surface area contributed by atoms with Gasteiger partial charge in [0.1, 0.15) is 5.82 Å². The van der Waals surface area contributed by atoms with Gasteiger partial charge in [0.05, 0.1) is 11.3 Å². The van der Waals surface area contributed by atoms with E-state index in [-0.39, 0.29) is 11.3 Å². The van der Waals surface area contributed by atoms with Crippen molar-refractivity contribution < 1.29 is 9.18 Å². The number of nitrogens with zero attached hydrogens (tertiary/aromatic N) is 1. The molecule has 1 saturated heterocycles. The van der Waals surface area contributed by atoms with Gasteiger partial charge < -0.3 is 4.90 Å². The molecule has 1 aromatic carbocycles. The summed E-state index contributed by atoms with van der Waals surface area (Å²) in [6.45, 7) is 5.47. The lowest BCUT2D eigenvalue weighted by Gasteiger charge is -2.35. The number of anilines is 1. The highest BCUT2D eigenvalue weighted by Gasteiger charge is 2.23. The maximum absolute atomic E-state index is 13.8. The quantitative estimate of drug-likeness (QED) is 0.762. The van der Waals surface area contributed by atoms with Crippen molar-refractivity contribution in [2.45, 2.75) is 33.1 Å². The van der Waals surface area contributed by atoms with Crippen LogP contribution in [0.2, 0.25) is 0 Å². The summed E-state index contributed by atoms with van der Waals surface area (Å²) < 4.78 is 13.8. The van der Waals surface area contributed by atoms with Crippen LogP contribution in [0.1, 0.15) is 43.5 Å². The number of carbonyl (C=O) groups is 1.